The van der Waals surface area contributed by atoms with Crippen LogP contribution in [0.25, 0.3) is 0 Å². The topological polar surface area (TPSA) is 98.7 Å². The smallest absolute Gasteiger partial charge is 0.415 e. The summed E-state index contributed by atoms with van der Waals surface area (Å²) in [6.45, 7) is 4.90. The van der Waals surface area contributed by atoms with Crippen molar-refractivity contribution >= 4 is 29.4 Å². The number of carbonyl (C=O) groups excluding carboxylic acids is 3. The summed E-state index contributed by atoms with van der Waals surface area (Å²) in [5.41, 5.74) is 0.0390. The summed E-state index contributed by atoms with van der Waals surface area (Å²) in [5.74, 6) is -0.946. The van der Waals surface area contributed by atoms with Crippen molar-refractivity contribution in [3.8, 4) is 0 Å². The minimum atomic E-state index is -0.777. The van der Waals surface area contributed by atoms with E-state index in [4.69, 9.17) is 21.1 Å². The fourth-order valence-corrected chi connectivity index (χ4v) is 2.31. The summed E-state index contributed by atoms with van der Waals surface area (Å²) < 4.78 is 9.90. The van der Waals surface area contributed by atoms with E-state index in [1.165, 1.54) is 24.0 Å². The maximum atomic E-state index is 12.1. The molecule has 0 radical (unpaired) electrons. The fourth-order valence-electron chi connectivity index (χ4n) is 2.21. The van der Waals surface area contributed by atoms with Crippen LogP contribution in [0.2, 0.25) is 5.15 Å². The number of nitrogens with zero attached hydrogens (tertiary/aromatic N) is 3. The molecule has 1 amide bonds. The van der Waals surface area contributed by atoms with E-state index >= 15 is 0 Å². The molecular weight excluding hydrogens is 338 g/mol. The first-order valence-electron chi connectivity index (χ1n) is 7.21. The van der Waals surface area contributed by atoms with Gasteiger partial charge in [0.2, 0.25) is 5.78 Å². The second-order valence-electron chi connectivity index (χ2n) is 5.19. The van der Waals surface area contributed by atoms with Crippen LogP contribution in [0.15, 0.2) is 24.5 Å². The summed E-state index contributed by atoms with van der Waals surface area (Å²) in [7, 11) is 0. The molecule has 1 aromatic rings. The van der Waals surface area contributed by atoms with Crippen LogP contribution in [0.3, 0.4) is 0 Å². The van der Waals surface area contributed by atoms with Crippen LogP contribution in [0.1, 0.15) is 30.3 Å². The molecule has 0 aromatic carbocycles. The molecule has 0 aliphatic carbocycles. The number of ketones is 1. The van der Waals surface area contributed by atoms with Gasteiger partial charge in [-0.2, -0.15) is 0 Å². The van der Waals surface area contributed by atoms with E-state index in [0.29, 0.717) is 19.4 Å². The molecule has 0 bridgehead atoms. The highest BCUT2D eigenvalue weighted by atomic mass is 35.5. The number of hydrogen-bond donors (Lipinski definition) is 0. The van der Waals surface area contributed by atoms with E-state index in [-0.39, 0.29) is 16.6 Å². The number of amides is 1. The van der Waals surface area contributed by atoms with Gasteiger partial charge in [-0.1, -0.05) is 18.2 Å². The van der Waals surface area contributed by atoms with E-state index < -0.39 is 30.5 Å². The number of Topliss-reactive ketones (excluding diaryl/α,β-unsaturated/α-hetero) is 1. The lowest BCUT2D eigenvalue weighted by Crippen LogP contribution is -2.42. The van der Waals surface area contributed by atoms with Gasteiger partial charge in [-0.3, -0.25) is 9.69 Å². The Hall–Kier alpha value is -2.48. The number of rotatable bonds is 5. The van der Waals surface area contributed by atoms with Crippen molar-refractivity contribution in [1.29, 1.82) is 0 Å². The molecule has 128 valence electrons. The monoisotopic (exact) mass is 353 g/mol. The van der Waals surface area contributed by atoms with Gasteiger partial charge < -0.3 is 9.47 Å². The summed E-state index contributed by atoms with van der Waals surface area (Å²) in [6, 6.07) is 2.02. The van der Waals surface area contributed by atoms with Crippen LogP contribution < -0.4 is 0 Å². The Labute approximate surface area is 143 Å². The number of ether oxygens (including phenoxy) is 2. The number of carbonyl (C=O) groups is 3. The molecule has 0 unspecified atom stereocenters. The van der Waals surface area contributed by atoms with Crippen LogP contribution in [0.4, 0.5) is 4.79 Å². The molecule has 1 aromatic heterocycles. The average Bonchev–Trinajstić information content (AvgIpc) is 3.02. The Balaban J connectivity index is 1.91. The predicted molar refractivity (Wildman–Crippen MR) is 83.4 cm³/mol. The predicted octanol–water partition coefficient (Wildman–Crippen LogP) is 1.99. The van der Waals surface area contributed by atoms with Crippen LogP contribution in [-0.2, 0) is 14.3 Å². The van der Waals surface area contributed by atoms with Gasteiger partial charge in [0.05, 0.1) is 5.76 Å². The molecule has 9 heteroatoms. The molecule has 0 N–H and O–H groups in total. The molecule has 2 rings (SSSR count). The van der Waals surface area contributed by atoms with Crippen molar-refractivity contribution in [1.82, 2.24) is 15.1 Å². The Kier molecular flexibility index (Phi) is 5.86. The third-order valence-corrected chi connectivity index (χ3v) is 3.49. The van der Waals surface area contributed by atoms with Crippen LogP contribution in [0, 0.1) is 0 Å². The second kappa shape index (κ2) is 7.87. The highest BCUT2D eigenvalue weighted by molar-refractivity contribution is 6.29. The Bertz CT molecular complexity index is 662. The van der Waals surface area contributed by atoms with Crippen molar-refractivity contribution in [3.05, 3.63) is 35.3 Å². The van der Waals surface area contributed by atoms with Crippen molar-refractivity contribution in [3.63, 3.8) is 0 Å². The lowest BCUT2D eigenvalue weighted by atomic mass is 10.2. The van der Waals surface area contributed by atoms with Crippen molar-refractivity contribution in [2.24, 2.45) is 0 Å². The Morgan fingerprint density at radius 3 is 2.75 bits per heavy atom. The van der Waals surface area contributed by atoms with E-state index in [2.05, 4.69) is 16.8 Å². The third kappa shape index (κ3) is 4.51. The zero-order valence-corrected chi connectivity index (χ0v) is 13.8. The summed E-state index contributed by atoms with van der Waals surface area (Å²) in [6.07, 6.45) is 0.428. The molecule has 1 atom stereocenters. The summed E-state index contributed by atoms with van der Waals surface area (Å²) in [5, 5.41) is 7.31. The number of halogens is 1. The van der Waals surface area contributed by atoms with Crippen molar-refractivity contribution in [2.75, 3.05) is 13.2 Å². The molecule has 0 spiro atoms. The fraction of sp³-hybridized carbons (Fsp3) is 0.400. The quantitative estimate of drug-likeness (QED) is 0.453. The number of esters is 1. The number of hydrogen-bond acceptors (Lipinski definition) is 7. The van der Waals surface area contributed by atoms with Crippen molar-refractivity contribution in [2.45, 2.75) is 25.8 Å². The molecule has 1 saturated heterocycles. The lowest BCUT2D eigenvalue weighted by molar-refractivity contribution is -0.147. The minimum absolute atomic E-state index is 0.0390. The first kappa shape index (κ1) is 17.9. The SMILES string of the molecule is C=C(C)OC(=O)N1CCC[C@H]1C(=O)OCC(=O)c1ccc(Cl)nn1. The van der Waals surface area contributed by atoms with Crippen LogP contribution in [0.5, 0.6) is 0 Å². The molecule has 8 nitrogen and oxygen atoms in total. The van der Waals surface area contributed by atoms with E-state index in [1.54, 1.807) is 0 Å². The number of aromatic nitrogens is 2. The summed E-state index contributed by atoms with van der Waals surface area (Å²) in [4.78, 5) is 37.2. The van der Waals surface area contributed by atoms with Gasteiger partial charge in [0, 0.05) is 6.54 Å². The largest absolute Gasteiger partial charge is 0.456 e. The molecule has 1 aliphatic rings. The van der Waals surface area contributed by atoms with Gasteiger partial charge in [0.15, 0.2) is 11.8 Å². The number of allylic oxidation sites excluding steroid dienone is 1. The highest BCUT2D eigenvalue weighted by Gasteiger charge is 2.36. The average molecular weight is 354 g/mol. The zero-order valence-electron chi connectivity index (χ0n) is 13.0. The third-order valence-electron chi connectivity index (χ3n) is 3.28. The molecule has 1 aliphatic heterocycles. The molecular formula is C15H16ClN3O5. The second-order valence-corrected chi connectivity index (χ2v) is 5.58. The number of likely N-dealkylation sites (tertiary alicyclic amines) is 1. The lowest BCUT2D eigenvalue weighted by Gasteiger charge is -2.22. The molecule has 2 heterocycles. The van der Waals surface area contributed by atoms with Crippen LogP contribution >= 0.6 is 11.6 Å². The van der Waals surface area contributed by atoms with Gasteiger partial charge in [0.25, 0.3) is 0 Å². The van der Waals surface area contributed by atoms with Gasteiger partial charge in [-0.05, 0) is 31.9 Å². The van der Waals surface area contributed by atoms with E-state index in [0.717, 1.165) is 0 Å². The highest BCUT2D eigenvalue weighted by Crippen LogP contribution is 2.20. The van der Waals surface area contributed by atoms with Gasteiger partial charge >= 0.3 is 12.1 Å². The molecule has 24 heavy (non-hydrogen) atoms. The minimum Gasteiger partial charge on any atom is -0.456 e. The van der Waals surface area contributed by atoms with E-state index in [1.807, 2.05) is 0 Å². The van der Waals surface area contributed by atoms with Gasteiger partial charge in [-0.25, -0.2) is 9.59 Å². The maximum Gasteiger partial charge on any atom is 0.415 e. The van der Waals surface area contributed by atoms with Crippen LogP contribution in [-0.4, -0.2) is 52.1 Å². The molecule has 0 saturated carbocycles. The molecule has 1 fully saturated rings. The van der Waals surface area contributed by atoms with E-state index in [9.17, 15) is 14.4 Å². The summed E-state index contributed by atoms with van der Waals surface area (Å²) >= 11 is 5.59. The Morgan fingerprint density at radius 2 is 2.12 bits per heavy atom. The van der Waals surface area contributed by atoms with Gasteiger partial charge in [0.1, 0.15) is 11.7 Å². The first-order valence-corrected chi connectivity index (χ1v) is 7.59. The maximum absolute atomic E-state index is 12.1. The standard InChI is InChI=1S/C15H16ClN3O5/c1-9(2)24-15(22)19-7-3-4-11(19)14(21)23-8-12(20)10-5-6-13(16)18-17-10/h5-6,11H,1,3-4,7-8H2,2H3/t11-/m0/s1. The van der Waals surface area contributed by atoms with Crippen molar-refractivity contribution < 1.29 is 23.9 Å². The Morgan fingerprint density at radius 1 is 1.38 bits per heavy atom. The van der Waals surface area contributed by atoms with Gasteiger partial charge in [-0.15, -0.1) is 10.2 Å². The normalized spacial score (nSPS) is 16.6. The first-order chi connectivity index (χ1) is 11.4. The zero-order chi connectivity index (χ0) is 17.7.